The number of pyridine rings is 1. The molecule has 0 aliphatic heterocycles. The maximum Gasteiger partial charge on any atom is 0.319 e. The van der Waals surface area contributed by atoms with Gasteiger partial charge in [0.15, 0.2) is 0 Å². The summed E-state index contributed by atoms with van der Waals surface area (Å²) in [7, 11) is 0. The molecule has 2 amide bonds. The van der Waals surface area contributed by atoms with Crippen LogP contribution in [0.4, 0.5) is 10.5 Å². The lowest BCUT2D eigenvalue weighted by atomic mass is 10.2. The summed E-state index contributed by atoms with van der Waals surface area (Å²) in [6.45, 7) is 0.426. The minimum absolute atomic E-state index is 0.254. The van der Waals surface area contributed by atoms with Crippen LogP contribution in [0.5, 0.6) is 11.5 Å². The van der Waals surface area contributed by atoms with Gasteiger partial charge in [-0.1, -0.05) is 34.1 Å². The molecule has 0 atom stereocenters. The van der Waals surface area contributed by atoms with Crippen LogP contribution >= 0.6 is 15.9 Å². The monoisotopic (exact) mass is 397 g/mol. The van der Waals surface area contributed by atoms with Crippen molar-refractivity contribution in [2.24, 2.45) is 0 Å². The molecular formula is C19H16BrN3O2. The Balaban J connectivity index is 1.50. The van der Waals surface area contributed by atoms with E-state index in [9.17, 15) is 4.79 Å². The number of nitrogens with one attached hydrogen (secondary N) is 2. The van der Waals surface area contributed by atoms with Gasteiger partial charge in [0, 0.05) is 29.1 Å². The van der Waals surface area contributed by atoms with Crippen LogP contribution in [-0.4, -0.2) is 11.0 Å². The lowest BCUT2D eigenvalue weighted by Gasteiger charge is -2.09. The van der Waals surface area contributed by atoms with Crippen molar-refractivity contribution in [2.45, 2.75) is 6.54 Å². The number of rotatable bonds is 5. The Bertz CT molecular complexity index is 839. The van der Waals surface area contributed by atoms with Gasteiger partial charge in [-0.15, -0.1) is 0 Å². The van der Waals surface area contributed by atoms with E-state index >= 15 is 0 Å². The fourth-order valence-electron chi connectivity index (χ4n) is 2.14. The van der Waals surface area contributed by atoms with E-state index in [4.69, 9.17) is 4.74 Å². The smallest absolute Gasteiger partial charge is 0.319 e. The van der Waals surface area contributed by atoms with E-state index in [0.29, 0.717) is 6.54 Å². The number of anilines is 1. The Hall–Kier alpha value is -2.86. The molecule has 2 N–H and O–H groups in total. The average molecular weight is 398 g/mol. The van der Waals surface area contributed by atoms with Crippen molar-refractivity contribution in [3.8, 4) is 11.5 Å². The molecule has 6 heteroatoms. The average Bonchev–Trinajstić information content (AvgIpc) is 2.62. The number of carbonyl (C=O) groups excluding carboxylic acids is 1. The zero-order valence-electron chi connectivity index (χ0n) is 13.3. The minimum atomic E-state index is -0.254. The van der Waals surface area contributed by atoms with E-state index in [0.717, 1.165) is 27.2 Å². The van der Waals surface area contributed by atoms with E-state index in [2.05, 4.69) is 31.5 Å². The fourth-order valence-corrected chi connectivity index (χ4v) is 2.54. The van der Waals surface area contributed by atoms with Crippen LogP contribution in [0.2, 0.25) is 0 Å². The van der Waals surface area contributed by atoms with Crippen molar-refractivity contribution in [3.63, 3.8) is 0 Å². The topological polar surface area (TPSA) is 63.2 Å². The zero-order valence-corrected chi connectivity index (χ0v) is 14.9. The normalized spacial score (nSPS) is 10.1. The molecule has 0 aliphatic carbocycles. The molecule has 0 aliphatic rings. The van der Waals surface area contributed by atoms with Gasteiger partial charge in [-0.05, 0) is 48.0 Å². The van der Waals surface area contributed by atoms with Gasteiger partial charge in [0.1, 0.15) is 11.5 Å². The lowest BCUT2D eigenvalue weighted by Crippen LogP contribution is -2.28. The number of hydrogen-bond donors (Lipinski definition) is 2. The Morgan fingerprint density at radius 1 is 1.00 bits per heavy atom. The molecule has 0 saturated carbocycles. The van der Waals surface area contributed by atoms with Crippen molar-refractivity contribution >= 4 is 27.6 Å². The first-order valence-corrected chi connectivity index (χ1v) is 8.45. The second-order valence-corrected chi connectivity index (χ2v) is 6.16. The summed E-state index contributed by atoms with van der Waals surface area (Å²) < 4.78 is 6.62. The number of ether oxygens (including phenoxy) is 1. The molecular weight excluding hydrogens is 382 g/mol. The third-order valence-electron chi connectivity index (χ3n) is 3.34. The zero-order chi connectivity index (χ0) is 17.5. The van der Waals surface area contributed by atoms with Gasteiger partial charge in [0.25, 0.3) is 0 Å². The summed E-state index contributed by atoms with van der Waals surface area (Å²) in [5, 5.41) is 5.61. The summed E-state index contributed by atoms with van der Waals surface area (Å²) in [6, 6.07) is 18.3. The molecule has 3 rings (SSSR count). The fraction of sp³-hybridized carbons (Fsp3) is 0.0526. The number of hydrogen-bond acceptors (Lipinski definition) is 3. The number of benzene rings is 2. The highest BCUT2D eigenvalue weighted by Gasteiger charge is 2.03. The first-order valence-electron chi connectivity index (χ1n) is 7.66. The van der Waals surface area contributed by atoms with Crippen molar-refractivity contribution in [3.05, 3.63) is 83.1 Å². The van der Waals surface area contributed by atoms with Gasteiger partial charge in [-0.25, -0.2) is 4.79 Å². The molecule has 5 nitrogen and oxygen atoms in total. The van der Waals surface area contributed by atoms with Crippen LogP contribution in [0.1, 0.15) is 5.56 Å². The predicted molar refractivity (Wildman–Crippen MR) is 101 cm³/mol. The summed E-state index contributed by atoms with van der Waals surface area (Å²) in [6.07, 6.45) is 3.36. The van der Waals surface area contributed by atoms with Crippen molar-refractivity contribution < 1.29 is 9.53 Å². The molecule has 0 spiro atoms. The maximum atomic E-state index is 11.9. The Morgan fingerprint density at radius 3 is 2.44 bits per heavy atom. The predicted octanol–water partition coefficient (Wildman–Crippen LogP) is 4.96. The summed E-state index contributed by atoms with van der Waals surface area (Å²) in [5.41, 5.74) is 1.71. The highest BCUT2D eigenvalue weighted by Crippen LogP contribution is 2.20. The van der Waals surface area contributed by atoms with E-state index in [-0.39, 0.29) is 6.03 Å². The first kappa shape index (κ1) is 17.0. The number of amides is 2. The number of nitrogens with zero attached hydrogens (tertiary/aromatic N) is 1. The molecule has 1 heterocycles. The van der Waals surface area contributed by atoms with E-state index in [1.165, 1.54) is 0 Å². The second kappa shape index (κ2) is 8.30. The van der Waals surface area contributed by atoms with Gasteiger partial charge in [-0.2, -0.15) is 0 Å². The van der Waals surface area contributed by atoms with Crippen LogP contribution in [0.15, 0.2) is 77.5 Å². The van der Waals surface area contributed by atoms with Gasteiger partial charge in [0.2, 0.25) is 0 Å². The third kappa shape index (κ3) is 5.32. The van der Waals surface area contributed by atoms with Crippen molar-refractivity contribution in [1.29, 1.82) is 0 Å². The summed E-state index contributed by atoms with van der Waals surface area (Å²) in [5.74, 6) is 1.46. The van der Waals surface area contributed by atoms with Crippen LogP contribution in [0.3, 0.4) is 0 Å². The third-order valence-corrected chi connectivity index (χ3v) is 3.84. The van der Waals surface area contributed by atoms with E-state index < -0.39 is 0 Å². The van der Waals surface area contributed by atoms with Crippen LogP contribution in [0.25, 0.3) is 0 Å². The number of urea groups is 1. The first-order chi connectivity index (χ1) is 12.2. The van der Waals surface area contributed by atoms with Gasteiger partial charge >= 0.3 is 6.03 Å². The standard InChI is InChI=1S/C19H16BrN3O2/c20-15-2-1-3-16(12-15)23-19(24)22-13-14-4-6-17(7-5-14)25-18-8-10-21-11-9-18/h1-12H,13H2,(H2,22,23,24). The van der Waals surface area contributed by atoms with E-state index in [1.54, 1.807) is 24.5 Å². The summed E-state index contributed by atoms with van der Waals surface area (Å²) in [4.78, 5) is 15.9. The minimum Gasteiger partial charge on any atom is -0.457 e. The highest BCUT2D eigenvalue weighted by atomic mass is 79.9. The van der Waals surface area contributed by atoms with Gasteiger partial charge < -0.3 is 15.4 Å². The van der Waals surface area contributed by atoms with Crippen molar-refractivity contribution in [1.82, 2.24) is 10.3 Å². The number of carbonyl (C=O) groups is 1. The Kier molecular flexibility index (Phi) is 5.64. The molecule has 2 aromatic carbocycles. The molecule has 0 saturated heterocycles. The molecule has 126 valence electrons. The molecule has 0 fully saturated rings. The van der Waals surface area contributed by atoms with Gasteiger partial charge in [-0.3, -0.25) is 4.98 Å². The second-order valence-electron chi connectivity index (χ2n) is 5.25. The van der Waals surface area contributed by atoms with E-state index in [1.807, 2.05) is 48.5 Å². The molecule has 0 radical (unpaired) electrons. The molecule has 0 bridgehead atoms. The molecule has 25 heavy (non-hydrogen) atoms. The molecule has 3 aromatic rings. The summed E-state index contributed by atoms with van der Waals surface area (Å²) >= 11 is 3.37. The molecule has 0 unspecified atom stereocenters. The molecule has 1 aromatic heterocycles. The van der Waals surface area contributed by atoms with Gasteiger partial charge in [0.05, 0.1) is 0 Å². The van der Waals surface area contributed by atoms with Crippen molar-refractivity contribution in [2.75, 3.05) is 5.32 Å². The lowest BCUT2D eigenvalue weighted by molar-refractivity contribution is 0.251. The largest absolute Gasteiger partial charge is 0.457 e. The Morgan fingerprint density at radius 2 is 1.72 bits per heavy atom. The van der Waals surface area contributed by atoms with Crippen LogP contribution in [-0.2, 0) is 6.54 Å². The Labute approximate surface area is 154 Å². The SMILES string of the molecule is O=C(NCc1ccc(Oc2ccncc2)cc1)Nc1cccc(Br)c1. The highest BCUT2D eigenvalue weighted by molar-refractivity contribution is 9.10. The maximum absolute atomic E-state index is 11.9. The quantitative estimate of drug-likeness (QED) is 0.639. The van der Waals surface area contributed by atoms with Crippen LogP contribution in [0, 0.1) is 0 Å². The van der Waals surface area contributed by atoms with Crippen LogP contribution < -0.4 is 15.4 Å². The number of aromatic nitrogens is 1. The number of halogens is 1.